The average molecular weight is 314 g/mol. The Kier molecular flexibility index (Phi) is 10.6. The summed E-state index contributed by atoms with van der Waals surface area (Å²) in [5.74, 6) is 1.65. The van der Waals surface area contributed by atoms with Crippen molar-refractivity contribution in [1.29, 1.82) is 0 Å². The Balaban J connectivity index is 0. The largest absolute Gasteiger partial charge is 0.514 e. The maximum atomic E-state index is 11.0. The van der Waals surface area contributed by atoms with Crippen LogP contribution >= 0.6 is 0 Å². The highest BCUT2D eigenvalue weighted by Gasteiger charge is 2.33. The summed E-state index contributed by atoms with van der Waals surface area (Å²) < 4.78 is 24.6. The summed E-state index contributed by atoms with van der Waals surface area (Å²) in [4.78, 5) is 10.6. The topological polar surface area (TPSA) is 86.7 Å². The molecule has 1 heterocycles. The number of nitrogens with zero attached hydrogens (tertiary/aromatic N) is 1. The first kappa shape index (κ1) is 21.1. The van der Waals surface area contributed by atoms with Crippen molar-refractivity contribution in [2.24, 2.45) is 0 Å². The van der Waals surface area contributed by atoms with E-state index in [4.69, 9.17) is 5.11 Å². The van der Waals surface area contributed by atoms with E-state index in [-0.39, 0.29) is 12.2 Å². The van der Waals surface area contributed by atoms with E-state index in [1.807, 2.05) is 26.0 Å². The van der Waals surface area contributed by atoms with E-state index >= 15 is 0 Å². The molecule has 2 N–H and O–H groups in total. The maximum absolute atomic E-state index is 11.0. The third-order valence-electron chi connectivity index (χ3n) is 2.18. The highest BCUT2D eigenvalue weighted by Crippen LogP contribution is 2.12. The lowest BCUT2D eigenvalue weighted by Gasteiger charge is -2.12. The van der Waals surface area contributed by atoms with Crippen LogP contribution in [0.3, 0.4) is 0 Å². The third-order valence-corrected chi connectivity index (χ3v) is 3.66. The Morgan fingerprint density at radius 1 is 1.52 bits per heavy atom. The van der Waals surface area contributed by atoms with Gasteiger partial charge >= 0.3 is 10.2 Å². The van der Waals surface area contributed by atoms with Gasteiger partial charge in [0.15, 0.2) is 0 Å². The highest BCUT2D eigenvalue weighted by molar-refractivity contribution is 7.88. The molecule has 1 rings (SSSR count). The van der Waals surface area contributed by atoms with Gasteiger partial charge in [0.05, 0.1) is 12.0 Å². The summed E-state index contributed by atoms with van der Waals surface area (Å²) in [5.41, 5.74) is 1.34. The van der Waals surface area contributed by atoms with Crippen molar-refractivity contribution >= 4 is 16.1 Å². The minimum absolute atomic E-state index is 0.105. The third kappa shape index (κ3) is 8.55. The Morgan fingerprint density at radius 3 is 2.19 bits per heavy atom. The lowest BCUT2D eigenvalue weighted by Crippen LogP contribution is -2.28. The number of allylic oxidation sites excluding steroid dienone is 4. The van der Waals surface area contributed by atoms with E-state index in [2.05, 4.69) is 18.9 Å². The first-order valence-electron chi connectivity index (χ1n) is 5.97. The van der Waals surface area contributed by atoms with Crippen LogP contribution in [-0.2, 0) is 15.0 Å². The number of aliphatic hydroxyl groups is 1. The van der Waals surface area contributed by atoms with Crippen LogP contribution in [-0.4, -0.2) is 30.3 Å². The van der Waals surface area contributed by atoms with Crippen molar-refractivity contribution in [3.63, 3.8) is 0 Å². The number of amides is 1. The molecule has 0 aromatic heterocycles. The normalized spacial score (nSPS) is 16.5. The second-order valence-corrected chi connectivity index (χ2v) is 5.43. The first-order valence-corrected chi connectivity index (χ1v) is 7.41. The van der Waals surface area contributed by atoms with Gasteiger partial charge in [0.2, 0.25) is 0 Å². The Hall–Kier alpha value is -2.20. The Bertz CT molecular complexity index is 554. The Labute approximate surface area is 127 Å². The van der Waals surface area contributed by atoms with Gasteiger partial charge in [-0.2, -0.15) is 8.42 Å². The number of aliphatic hydroxyl groups excluding tert-OH is 1. The maximum Gasteiger partial charge on any atom is 0.326 e. The molecule has 0 radical (unpaired) electrons. The van der Waals surface area contributed by atoms with E-state index in [0.29, 0.717) is 6.26 Å². The van der Waals surface area contributed by atoms with E-state index in [9.17, 15) is 13.2 Å². The van der Waals surface area contributed by atoms with Crippen molar-refractivity contribution in [3.8, 4) is 12.3 Å². The van der Waals surface area contributed by atoms with Gasteiger partial charge in [0.1, 0.15) is 6.54 Å². The predicted molar refractivity (Wildman–Crippen MR) is 84.3 cm³/mol. The monoisotopic (exact) mass is 314 g/mol. The zero-order valence-corrected chi connectivity index (χ0v) is 13.6. The molecular formula is C14H22N2O4S. The molecule has 0 unspecified atom stereocenters. The minimum atomic E-state index is -3.74. The van der Waals surface area contributed by atoms with Gasteiger partial charge in [-0.05, 0) is 27.7 Å². The van der Waals surface area contributed by atoms with E-state index < -0.39 is 16.1 Å². The summed E-state index contributed by atoms with van der Waals surface area (Å²) in [6, 6.07) is 0. The minimum Gasteiger partial charge on any atom is -0.514 e. The van der Waals surface area contributed by atoms with Crippen LogP contribution < -0.4 is 4.72 Å². The van der Waals surface area contributed by atoms with Gasteiger partial charge < -0.3 is 5.11 Å². The van der Waals surface area contributed by atoms with Crippen LogP contribution in [0.5, 0.6) is 0 Å². The zero-order valence-electron chi connectivity index (χ0n) is 12.8. The summed E-state index contributed by atoms with van der Waals surface area (Å²) in [6.07, 6.45) is 9.09. The van der Waals surface area contributed by atoms with Crippen molar-refractivity contribution in [2.75, 3.05) is 6.54 Å². The summed E-state index contributed by atoms with van der Waals surface area (Å²) >= 11 is 0. The van der Waals surface area contributed by atoms with Crippen LogP contribution in [0.1, 0.15) is 27.7 Å². The molecule has 1 saturated heterocycles. The second kappa shape index (κ2) is 10.6. The predicted octanol–water partition coefficient (Wildman–Crippen LogP) is 1.86. The molecular weight excluding hydrogens is 292 g/mol. The highest BCUT2D eigenvalue weighted by atomic mass is 32.2. The van der Waals surface area contributed by atoms with Gasteiger partial charge in [-0.3, -0.25) is 4.79 Å². The molecule has 0 atom stereocenters. The smallest absolute Gasteiger partial charge is 0.326 e. The van der Waals surface area contributed by atoms with Gasteiger partial charge in [-0.25, -0.2) is 9.03 Å². The average Bonchev–Trinajstić information content (AvgIpc) is 2.71. The molecule has 0 aromatic rings. The fraction of sp³-hybridized carbons (Fsp3) is 0.357. The fourth-order valence-corrected chi connectivity index (χ4v) is 2.12. The molecule has 1 amide bonds. The van der Waals surface area contributed by atoms with Crippen molar-refractivity contribution < 1.29 is 18.3 Å². The molecule has 0 saturated carbocycles. The number of hydrogen-bond acceptors (Lipinski definition) is 4. The number of terminal acetylenes is 1. The second-order valence-electron chi connectivity index (χ2n) is 3.83. The van der Waals surface area contributed by atoms with Crippen LogP contribution in [0.4, 0.5) is 0 Å². The molecule has 0 spiro atoms. The molecule has 1 fully saturated rings. The first-order chi connectivity index (χ1) is 9.69. The summed E-state index contributed by atoms with van der Waals surface area (Å²) in [7, 11) is -3.74. The Morgan fingerprint density at radius 2 is 2.00 bits per heavy atom. The van der Waals surface area contributed by atoms with Crippen LogP contribution in [0, 0.1) is 12.3 Å². The van der Waals surface area contributed by atoms with E-state index in [0.717, 1.165) is 4.31 Å². The van der Waals surface area contributed by atoms with E-state index in [1.165, 1.54) is 12.5 Å². The summed E-state index contributed by atoms with van der Waals surface area (Å²) in [5, 5.41) is 8.51. The molecule has 0 aliphatic carbocycles. The van der Waals surface area contributed by atoms with Crippen molar-refractivity contribution in [1.82, 2.24) is 9.03 Å². The number of carbonyl (C=O) groups is 1. The van der Waals surface area contributed by atoms with Gasteiger partial charge in [0.25, 0.3) is 5.91 Å². The van der Waals surface area contributed by atoms with Crippen molar-refractivity contribution in [2.45, 2.75) is 27.7 Å². The van der Waals surface area contributed by atoms with Crippen LogP contribution in [0.2, 0.25) is 0 Å². The van der Waals surface area contributed by atoms with E-state index in [1.54, 1.807) is 11.6 Å². The number of nitrogens with one attached hydrogen (secondary N) is 1. The molecule has 118 valence electrons. The molecule has 7 heteroatoms. The number of hydrogen-bond donors (Lipinski definition) is 2. The molecule has 1 aliphatic rings. The number of rotatable bonds is 2. The molecule has 1 aliphatic heterocycles. The quantitative estimate of drug-likeness (QED) is 0.463. The van der Waals surface area contributed by atoms with Crippen molar-refractivity contribution in [3.05, 3.63) is 36.3 Å². The SMILES string of the molecule is C#CC.C/C(=C/O)N1CC(=O)NS1(=O)=O.C=C/C(C)=C/C. The molecule has 21 heavy (non-hydrogen) atoms. The van der Waals surface area contributed by atoms with Crippen LogP contribution in [0.15, 0.2) is 36.3 Å². The van der Waals surface area contributed by atoms with Crippen LogP contribution in [0.25, 0.3) is 0 Å². The number of carbonyl (C=O) groups excluding carboxylic acids is 1. The standard InChI is InChI=1S/C6H10.C5H8N2O4S.C3H4/c1-4-6(3)5-2;1-4(3-8)7-2-5(9)6-12(7,10)11;1-3-2/h4-5H,1H2,2-3H3;3,8H,2H2,1H3,(H,6,9);1H,2H3/b6-5+;4-3-;. The summed E-state index contributed by atoms with van der Waals surface area (Å²) in [6.45, 7) is 10.3. The molecule has 0 aromatic carbocycles. The van der Waals surface area contributed by atoms with Gasteiger partial charge in [0, 0.05) is 0 Å². The molecule has 0 bridgehead atoms. The fourth-order valence-electron chi connectivity index (χ4n) is 0.943. The van der Waals surface area contributed by atoms with Gasteiger partial charge in [-0.1, -0.05) is 24.3 Å². The lowest BCUT2D eigenvalue weighted by molar-refractivity contribution is -0.118. The lowest BCUT2D eigenvalue weighted by atomic mass is 10.3. The molecule has 6 nitrogen and oxygen atoms in total. The zero-order chi connectivity index (χ0) is 17.1. The van der Waals surface area contributed by atoms with Gasteiger partial charge in [-0.15, -0.1) is 12.3 Å².